The van der Waals surface area contributed by atoms with Crippen molar-refractivity contribution in [1.82, 2.24) is 9.97 Å². The smallest absolute Gasteiger partial charge is 0.343 e. The molecule has 0 saturated carbocycles. The number of hydrogen-bond acceptors (Lipinski definition) is 4. The molecule has 3 aromatic rings. The van der Waals surface area contributed by atoms with Crippen LogP contribution in [0.5, 0.6) is 5.75 Å². The largest absolute Gasteiger partial charge is 0.423 e. The highest BCUT2D eigenvalue weighted by Gasteiger charge is 2.08. The van der Waals surface area contributed by atoms with Gasteiger partial charge in [-0.25, -0.2) is 14.8 Å². The number of aryl methyl sites for hydroxylation is 2. The quantitative estimate of drug-likeness (QED) is 0.542. The van der Waals surface area contributed by atoms with Gasteiger partial charge >= 0.3 is 5.97 Å². The van der Waals surface area contributed by atoms with Crippen LogP contribution in [0.2, 0.25) is 0 Å². The molecule has 23 heavy (non-hydrogen) atoms. The molecule has 0 atom stereocenters. The third-order valence-corrected chi connectivity index (χ3v) is 3.47. The highest BCUT2D eigenvalue weighted by Crippen LogP contribution is 2.22. The lowest BCUT2D eigenvalue weighted by Crippen LogP contribution is -2.08. The van der Waals surface area contributed by atoms with Gasteiger partial charge in [0.05, 0.1) is 5.56 Å². The van der Waals surface area contributed by atoms with Crippen LogP contribution in [0.1, 0.15) is 21.7 Å². The number of rotatable bonds is 3. The summed E-state index contributed by atoms with van der Waals surface area (Å²) in [5.41, 5.74) is 3.53. The fraction of sp³-hybridized carbons (Fsp3) is 0.105. The number of ether oxygens (including phenoxy) is 1. The van der Waals surface area contributed by atoms with Crippen molar-refractivity contribution < 1.29 is 9.53 Å². The van der Waals surface area contributed by atoms with Crippen LogP contribution in [0.4, 0.5) is 0 Å². The lowest BCUT2D eigenvalue weighted by Gasteiger charge is -2.06. The van der Waals surface area contributed by atoms with Gasteiger partial charge in [-0.15, -0.1) is 0 Å². The molecular weight excluding hydrogens is 288 g/mol. The fourth-order valence-corrected chi connectivity index (χ4v) is 2.11. The fourth-order valence-electron chi connectivity index (χ4n) is 2.11. The lowest BCUT2D eigenvalue weighted by molar-refractivity contribution is 0.0735. The predicted molar refractivity (Wildman–Crippen MR) is 88.3 cm³/mol. The molecular formula is C19H16N2O2. The van der Waals surface area contributed by atoms with Crippen molar-refractivity contribution in [3.8, 4) is 16.9 Å². The third-order valence-electron chi connectivity index (χ3n) is 3.47. The number of hydrogen-bond donors (Lipinski definition) is 0. The third kappa shape index (κ3) is 3.61. The minimum Gasteiger partial charge on any atom is -0.423 e. The van der Waals surface area contributed by atoms with E-state index < -0.39 is 0 Å². The number of aromatic nitrogens is 2. The van der Waals surface area contributed by atoms with Gasteiger partial charge in [0, 0.05) is 18.0 Å². The van der Waals surface area contributed by atoms with Crippen LogP contribution in [-0.4, -0.2) is 15.9 Å². The Morgan fingerprint density at radius 1 is 0.826 bits per heavy atom. The van der Waals surface area contributed by atoms with E-state index in [0.29, 0.717) is 11.3 Å². The second-order valence-corrected chi connectivity index (χ2v) is 5.30. The van der Waals surface area contributed by atoms with Gasteiger partial charge in [0.1, 0.15) is 11.6 Å². The van der Waals surface area contributed by atoms with Gasteiger partial charge in [0.15, 0.2) is 0 Å². The second kappa shape index (κ2) is 6.40. The molecule has 0 aliphatic rings. The van der Waals surface area contributed by atoms with Crippen molar-refractivity contribution in [2.45, 2.75) is 13.8 Å². The maximum Gasteiger partial charge on any atom is 0.343 e. The minimum atomic E-state index is -0.364. The number of carbonyl (C=O) groups excluding carboxylic acids is 1. The molecule has 0 bridgehead atoms. The van der Waals surface area contributed by atoms with E-state index in [9.17, 15) is 4.79 Å². The van der Waals surface area contributed by atoms with Gasteiger partial charge in [-0.2, -0.15) is 0 Å². The monoisotopic (exact) mass is 304 g/mol. The number of carbonyl (C=O) groups is 1. The topological polar surface area (TPSA) is 52.1 Å². The molecule has 3 rings (SSSR count). The summed E-state index contributed by atoms with van der Waals surface area (Å²) in [4.78, 5) is 20.4. The normalized spacial score (nSPS) is 10.3. The van der Waals surface area contributed by atoms with E-state index in [0.717, 1.165) is 22.5 Å². The molecule has 0 fully saturated rings. The lowest BCUT2D eigenvalue weighted by atomic mass is 10.1. The Hall–Kier alpha value is -3.01. The SMILES string of the molecule is Cc1ccc(C(=O)Oc2ccc(-c3cnc(C)nc3)cc2)cc1. The van der Waals surface area contributed by atoms with E-state index in [1.54, 1.807) is 36.7 Å². The van der Waals surface area contributed by atoms with Crippen LogP contribution in [0.25, 0.3) is 11.1 Å². The van der Waals surface area contributed by atoms with E-state index >= 15 is 0 Å². The summed E-state index contributed by atoms with van der Waals surface area (Å²) in [6.07, 6.45) is 3.55. The van der Waals surface area contributed by atoms with Crippen LogP contribution < -0.4 is 4.74 Å². The first-order valence-electron chi connectivity index (χ1n) is 7.30. The Morgan fingerprint density at radius 2 is 1.43 bits per heavy atom. The van der Waals surface area contributed by atoms with Gasteiger partial charge in [-0.1, -0.05) is 29.8 Å². The first kappa shape index (κ1) is 14.9. The summed E-state index contributed by atoms with van der Waals surface area (Å²) < 4.78 is 5.38. The van der Waals surface area contributed by atoms with Gasteiger partial charge in [-0.05, 0) is 43.7 Å². The second-order valence-electron chi connectivity index (χ2n) is 5.30. The molecule has 0 aliphatic carbocycles. The average Bonchev–Trinajstić information content (AvgIpc) is 2.57. The highest BCUT2D eigenvalue weighted by atomic mass is 16.5. The van der Waals surface area contributed by atoms with E-state index in [1.165, 1.54) is 0 Å². The Kier molecular flexibility index (Phi) is 4.15. The standard InChI is InChI=1S/C19H16N2O2/c1-13-3-5-16(6-4-13)19(22)23-18-9-7-15(8-10-18)17-11-20-14(2)21-12-17/h3-12H,1-2H3. The zero-order valence-electron chi connectivity index (χ0n) is 13.0. The number of benzene rings is 2. The maximum atomic E-state index is 12.1. The molecule has 0 N–H and O–H groups in total. The van der Waals surface area contributed by atoms with E-state index in [1.807, 2.05) is 38.1 Å². The van der Waals surface area contributed by atoms with E-state index in [2.05, 4.69) is 9.97 Å². The van der Waals surface area contributed by atoms with Crippen LogP contribution in [0.15, 0.2) is 60.9 Å². The van der Waals surface area contributed by atoms with Crippen molar-refractivity contribution in [3.63, 3.8) is 0 Å². The van der Waals surface area contributed by atoms with Crippen LogP contribution in [-0.2, 0) is 0 Å². The van der Waals surface area contributed by atoms with Gasteiger partial charge in [0.2, 0.25) is 0 Å². The molecule has 0 aliphatic heterocycles. The zero-order valence-corrected chi connectivity index (χ0v) is 13.0. The predicted octanol–water partition coefficient (Wildman–Crippen LogP) is 3.98. The molecule has 0 saturated heterocycles. The van der Waals surface area contributed by atoms with Crippen molar-refractivity contribution in [2.24, 2.45) is 0 Å². The Bertz CT molecular complexity index is 807. The molecule has 1 aromatic heterocycles. The molecule has 1 heterocycles. The van der Waals surface area contributed by atoms with Crippen LogP contribution in [0, 0.1) is 13.8 Å². The Morgan fingerprint density at radius 3 is 2.04 bits per heavy atom. The van der Waals surface area contributed by atoms with E-state index in [4.69, 9.17) is 4.74 Å². The van der Waals surface area contributed by atoms with Crippen molar-refractivity contribution in [1.29, 1.82) is 0 Å². The van der Waals surface area contributed by atoms with Crippen LogP contribution >= 0.6 is 0 Å². The molecule has 2 aromatic carbocycles. The molecule has 0 unspecified atom stereocenters. The maximum absolute atomic E-state index is 12.1. The van der Waals surface area contributed by atoms with Crippen molar-refractivity contribution in [2.75, 3.05) is 0 Å². The Labute approximate surface area is 134 Å². The molecule has 114 valence electrons. The number of esters is 1. The summed E-state index contributed by atoms with van der Waals surface area (Å²) in [6, 6.07) is 14.6. The van der Waals surface area contributed by atoms with E-state index in [-0.39, 0.29) is 5.97 Å². The van der Waals surface area contributed by atoms with Crippen LogP contribution in [0.3, 0.4) is 0 Å². The summed E-state index contributed by atoms with van der Waals surface area (Å²) in [6.45, 7) is 3.82. The highest BCUT2D eigenvalue weighted by molar-refractivity contribution is 5.91. The van der Waals surface area contributed by atoms with Crippen molar-refractivity contribution >= 4 is 5.97 Å². The average molecular weight is 304 g/mol. The minimum absolute atomic E-state index is 0.364. The first-order chi connectivity index (χ1) is 11.1. The molecule has 4 heteroatoms. The molecule has 0 spiro atoms. The molecule has 4 nitrogen and oxygen atoms in total. The number of nitrogens with zero attached hydrogens (tertiary/aromatic N) is 2. The first-order valence-corrected chi connectivity index (χ1v) is 7.30. The summed E-state index contributed by atoms with van der Waals surface area (Å²) in [7, 11) is 0. The van der Waals surface area contributed by atoms with Gasteiger partial charge < -0.3 is 4.74 Å². The van der Waals surface area contributed by atoms with Crippen molar-refractivity contribution in [3.05, 3.63) is 77.9 Å². The zero-order chi connectivity index (χ0) is 16.2. The summed E-state index contributed by atoms with van der Waals surface area (Å²) in [5, 5.41) is 0. The Balaban J connectivity index is 1.73. The molecule has 0 radical (unpaired) electrons. The summed E-state index contributed by atoms with van der Waals surface area (Å²) in [5.74, 6) is 0.876. The van der Waals surface area contributed by atoms with Gasteiger partial charge in [0.25, 0.3) is 0 Å². The molecule has 0 amide bonds. The van der Waals surface area contributed by atoms with Gasteiger partial charge in [-0.3, -0.25) is 0 Å². The summed E-state index contributed by atoms with van der Waals surface area (Å²) >= 11 is 0.